The maximum atomic E-state index is 13.0. The first-order valence-electron chi connectivity index (χ1n) is 11.0. The van der Waals surface area contributed by atoms with Gasteiger partial charge in [0.2, 0.25) is 0 Å². The zero-order chi connectivity index (χ0) is 24.2. The van der Waals surface area contributed by atoms with Gasteiger partial charge in [-0.15, -0.1) is 0 Å². The van der Waals surface area contributed by atoms with Crippen molar-refractivity contribution in [2.45, 2.75) is 20.4 Å². The van der Waals surface area contributed by atoms with Crippen molar-refractivity contribution in [2.24, 2.45) is 0 Å². The topological polar surface area (TPSA) is 84.0 Å². The summed E-state index contributed by atoms with van der Waals surface area (Å²) >= 11 is 0. The third-order valence-electron chi connectivity index (χ3n) is 5.76. The first-order chi connectivity index (χ1) is 16.4. The number of amides is 3. The smallest absolute Gasteiger partial charge is 0.338 e. The van der Waals surface area contributed by atoms with Crippen LogP contribution >= 0.6 is 0 Å². The Morgan fingerprint density at radius 1 is 0.882 bits per heavy atom. The third kappa shape index (κ3) is 4.45. The zero-order valence-corrected chi connectivity index (χ0v) is 19.0. The van der Waals surface area contributed by atoms with Crippen LogP contribution in [0.4, 0.5) is 5.69 Å². The van der Waals surface area contributed by atoms with E-state index in [1.807, 2.05) is 56.3 Å². The van der Waals surface area contributed by atoms with Crippen LogP contribution in [0.3, 0.4) is 0 Å². The molecule has 0 atom stereocenters. The summed E-state index contributed by atoms with van der Waals surface area (Å²) in [6.07, 6.45) is 0. The Bertz CT molecular complexity index is 1270. The summed E-state index contributed by atoms with van der Waals surface area (Å²) in [5.41, 5.74) is 2.72. The average Bonchev–Trinajstić information content (AvgIpc) is 3.11. The van der Waals surface area contributed by atoms with E-state index >= 15 is 0 Å². The number of benzene rings is 3. The minimum atomic E-state index is -0.735. The van der Waals surface area contributed by atoms with E-state index in [1.165, 1.54) is 18.2 Å². The quantitative estimate of drug-likeness (QED) is 0.396. The lowest BCUT2D eigenvalue weighted by molar-refractivity contribution is -0.134. The summed E-state index contributed by atoms with van der Waals surface area (Å²) in [6, 6.07) is 20.9. The van der Waals surface area contributed by atoms with Crippen molar-refractivity contribution in [1.82, 2.24) is 4.90 Å². The fourth-order valence-electron chi connectivity index (χ4n) is 3.88. The predicted octanol–water partition coefficient (Wildman–Crippen LogP) is 4.00. The molecule has 0 unspecified atom stereocenters. The van der Waals surface area contributed by atoms with Gasteiger partial charge in [-0.25, -0.2) is 9.69 Å². The minimum Gasteiger partial charge on any atom is -0.452 e. The highest BCUT2D eigenvalue weighted by atomic mass is 16.5. The number of nitrogens with zero attached hydrogens (tertiary/aromatic N) is 2. The summed E-state index contributed by atoms with van der Waals surface area (Å²) in [7, 11) is 0. The Morgan fingerprint density at radius 2 is 1.56 bits per heavy atom. The summed E-state index contributed by atoms with van der Waals surface area (Å²) in [5.74, 6) is -2.00. The van der Waals surface area contributed by atoms with Crippen LogP contribution in [0.15, 0.2) is 72.8 Å². The van der Waals surface area contributed by atoms with E-state index in [4.69, 9.17) is 4.74 Å². The van der Waals surface area contributed by atoms with Crippen LogP contribution in [0.5, 0.6) is 0 Å². The summed E-state index contributed by atoms with van der Waals surface area (Å²) in [6.45, 7) is 4.13. The standard InChI is InChI=1S/C27H24N2O5/c1-3-28(16-19-10-5-4-6-11-19)24(30)17-34-27(33)20-13-14-21-22(15-20)26(32)29(25(21)31)23-12-8-7-9-18(23)2/h4-15H,3,16-17H2,1-2H3. The first-order valence-corrected chi connectivity index (χ1v) is 11.0. The Hall–Kier alpha value is -4.26. The maximum absolute atomic E-state index is 13.0. The summed E-state index contributed by atoms with van der Waals surface area (Å²) in [4.78, 5) is 53.7. The number of carbonyl (C=O) groups excluding carboxylic acids is 4. The van der Waals surface area contributed by atoms with Gasteiger partial charge in [-0.3, -0.25) is 14.4 Å². The van der Waals surface area contributed by atoms with Gasteiger partial charge in [0.25, 0.3) is 17.7 Å². The molecule has 34 heavy (non-hydrogen) atoms. The highest BCUT2D eigenvalue weighted by molar-refractivity contribution is 6.34. The number of ether oxygens (including phenoxy) is 1. The Morgan fingerprint density at radius 3 is 2.26 bits per heavy atom. The van der Waals surface area contributed by atoms with Crippen LogP contribution in [0.25, 0.3) is 0 Å². The normalized spacial score (nSPS) is 12.5. The lowest BCUT2D eigenvalue weighted by Gasteiger charge is -2.20. The number of aryl methyl sites for hydroxylation is 1. The molecule has 3 aromatic rings. The van der Waals surface area contributed by atoms with Gasteiger partial charge in [0.1, 0.15) is 0 Å². The monoisotopic (exact) mass is 456 g/mol. The predicted molar refractivity (Wildman–Crippen MR) is 127 cm³/mol. The number of carbonyl (C=O) groups is 4. The van der Waals surface area contributed by atoms with Crippen LogP contribution in [-0.2, 0) is 16.1 Å². The molecule has 3 amide bonds. The number of anilines is 1. The second-order valence-electron chi connectivity index (χ2n) is 7.96. The molecule has 0 fully saturated rings. The molecule has 1 heterocycles. The van der Waals surface area contributed by atoms with Crippen molar-refractivity contribution in [2.75, 3.05) is 18.1 Å². The fraction of sp³-hybridized carbons (Fsp3) is 0.185. The van der Waals surface area contributed by atoms with E-state index < -0.39 is 24.4 Å². The maximum Gasteiger partial charge on any atom is 0.338 e. The van der Waals surface area contributed by atoms with Gasteiger partial charge >= 0.3 is 5.97 Å². The number of hydrogen-bond donors (Lipinski definition) is 0. The molecule has 4 rings (SSSR count). The summed E-state index contributed by atoms with van der Waals surface area (Å²) in [5, 5.41) is 0. The van der Waals surface area contributed by atoms with Gasteiger partial charge in [-0.05, 0) is 49.2 Å². The van der Waals surface area contributed by atoms with E-state index in [2.05, 4.69) is 0 Å². The molecule has 1 aliphatic rings. The Labute approximate surface area is 197 Å². The Balaban J connectivity index is 1.45. The van der Waals surface area contributed by atoms with Crippen LogP contribution < -0.4 is 4.90 Å². The number of fused-ring (bicyclic) bond motifs is 1. The lowest BCUT2D eigenvalue weighted by Crippen LogP contribution is -2.34. The van der Waals surface area contributed by atoms with E-state index in [-0.39, 0.29) is 22.6 Å². The molecule has 7 heteroatoms. The molecule has 3 aromatic carbocycles. The molecule has 0 aromatic heterocycles. The van der Waals surface area contributed by atoms with Crippen molar-refractivity contribution in [1.29, 1.82) is 0 Å². The fourth-order valence-corrected chi connectivity index (χ4v) is 3.88. The molecular weight excluding hydrogens is 432 g/mol. The molecule has 0 aliphatic carbocycles. The summed E-state index contributed by atoms with van der Waals surface area (Å²) < 4.78 is 5.22. The van der Waals surface area contributed by atoms with Crippen LogP contribution in [0.1, 0.15) is 49.1 Å². The van der Waals surface area contributed by atoms with Crippen molar-refractivity contribution in [3.8, 4) is 0 Å². The minimum absolute atomic E-state index is 0.102. The van der Waals surface area contributed by atoms with E-state index in [0.29, 0.717) is 18.8 Å². The number of esters is 1. The molecule has 0 saturated carbocycles. The number of para-hydroxylation sites is 1. The van der Waals surface area contributed by atoms with Gasteiger partial charge in [-0.2, -0.15) is 0 Å². The van der Waals surface area contributed by atoms with Crippen molar-refractivity contribution in [3.05, 3.63) is 101 Å². The molecule has 1 aliphatic heterocycles. The SMILES string of the molecule is CCN(Cc1ccccc1)C(=O)COC(=O)c1ccc2c(c1)C(=O)N(c1ccccc1C)C2=O. The molecule has 0 bridgehead atoms. The van der Waals surface area contributed by atoms with Gasteiger partial charge in [0, 0.05) is 13.1 Å². The molecular formula is C27H24N2O5. The zero-order valence-electron chi connectivity index (χ0n) is 19.0. The van der Waals surface area contributed by atoms with Crippen LogP contribution in [0.2, 0.25) is 0 Å². The number of imide groups is 1. The molecule has 0 radical (unpaired) electrons. The van der Waals surface area contributed by atoms with Gasteiger partial charge < -0.3 is 9.64 Å². The molecule has 0 spiro atoms. The number of likely N-dealkylation sites (N-methyl/N-ethyl adjacent to an activating group) is 1. The molecule has 172 valence electrons. The highest BCUT2D eigenvalue weighted by Gasteiger charge is 2.37. The number of hydrogen-bond acceptors (Lipinski definition) is 5. The first kappa shape index (κ1) is 22.9. The van der Waals surface area contributed by atoms with Crippen LogP contribution in [-0.4, -0.2) is 41.7 Å². The third-order valence-corrected chi connectivity index (χ3v) is 5.76. The average molecular weight is 456 g/mol. The lowest BCUT2D eigenvalue weighted by atomic mass is 10.1. The van der Waals surface area contributed by atoms with Gasteiger partial charge in [0.15, 0.2) is 6.61 Å². The van der Waals surface area contributed by atoms with Crippen molar-refractivity contribution < 1.29 is 23.9 Å². The van der Waals surface area contributed by atoms with Gasteiger partial charge in [-0.1, -0.05) is 48.5 Å². The van der Waals surface area contributed by atoms with E-state index in [1.54, 1.807) is 17.0 Å². The second-order valence-corrected chi connectivity index (χ2v) is 7.96. The molecule has 0 N–H and O–H groups in total. The van der Waals surface area contributed by atoms with Crippen molar-refractivity contribution in [3.63, 3.8) is 0 Å². The van der Waals surface area contributed by atoms with Crippen molar-refractivity contribution >= 4 is 29.4 Å². The number of rotatable bonds is 7. The largest absolute Gasteiger partial charge is 0.452 e. The second kappa shape index (κ2) is 9.70. The van der Waals surface area contributed by atoms with Crippen LogP contribution in [0, 0.1) is 6.92 Å². The Kier molecular flexibility index (Phi) is 6.54. The van der Waals surface area contributed by atoms with Gasteiger partial charge in [0.05, 0.1) is 22.4 Å². The van der Waals surface area contributed by atoms with E-state index in [0.717, 1.165) is 16.0 Å². The van der Waals surface area contributed by atoms with E-state index in [9.17, 15) is 19.2 Å². The molecule has 7 nitrogen and oxygen atoms in total. The highest BCUT2D eigenvalue weighted by Crippen LogP contribution is 2.31. The molecule has 0 saturated heterocycles.